The Hall–Kier alpha value is -4.10. The van der Waals surface area contributed by atoms with E-state index in [9.17, 15) is 14.4 Å². The molecule has 0 radical (unpaired) electrons. The number of aromatic amines is 1. The number of amides is 2. The van der Waals surface area contributed by atoms with E-state index in [1.807, 2.05) is 43.3 Å². The maximum atomic E-state index is 13.2. The Morgan fingerprint density at radius 2 is 1.68 bits per heavy atom. The number of benzene rings is 3. The second-order valence-electron chi connectivity index (χ2n) is 8.69. The summed E-state index contributed by atoms with van der Waals surface area (Å²) in [6.07, 6.45) is 1.76. The Morgan fingerprint density at radius 3 is 2.41 bits per heavy atom. The number of hydrogen-bond donors (Lipinski definition) is 3. The highest BCUT2D eigenvalue weighted by Gasteiger charge is 2.28. The van der Waals surface area contributed by atoms with E-state index in [2.05, 4.69) is 15.6 Å². The fraction of sp³-hybridized carbons (Fsp3) is 0.207. The Bertz CT molecular complexity index is 1410. The number of para-hydroxylation sites is 1. The standard InChI is InChI=1S/C29H28ClN3O4/c1-3-19-12-14-21(15-13-19)32-27(34)18(2)37-29(36)26(33-28(35)23-9-4-6-10-24(23)30)16-20-17-31-25-11-7-5-8-22(20)25/h4-15,17-18,26,31H,3,16H2,1-2H3,(H,32,34)(H,33,35). The van der Waals surface area contributed by atoms with Gasteiger partial charge in [-0.15, -0.1) is 0 Å². The molecule has 0 bridgehead atoms. The summed E-state index contributed by atoms with van der Waals surface area (Å²) in [5.74, 6) is -1.71. The molecular formula is C29H28ClN3O4. The average molecular weight is 518 g/mol. The monoisotopic (exact) mass is 517 g/mol. The lowest BCUT2D eigenvalue weighted by Crippen LogP contribution is -2.45. The second kappa shape index (κ2) is 11.8. The second-order valence-corrected chi connectivity index (χ2v) is 9.10. The highest BCUT2D eigenvalue weighted by atomic mass is 35.5. The molecule has 0 fully saturated rings. The van der Waals surface area contributed by atoms with Crippen LogP contribution in [0.4, 0.5) is 5.69 Å². The van der Waals surface area contributed by atoms with Crippen LogP contribution in [-0.2, 0) is 27.2 Å². The van der Waals surface area contributed by atoms with Crippen LogP contribution in [-0.4, -0.2) is 34.9 Å². The van der Waals surface area contributed by atoms with E-state index < -0.39 is 29.9 Å². The lowest BCUT2D eigenvalue weighted by molar-refractivity contribution is -0.155. The molecule has 0 aliphatic rings. The summed E-state index contributed by atoms with van der Waals surface area (Å²) in [6, 6.07) is 20.6. The van der Waals surface area contributed by atoms with Gasteiger partial charge in [0.2, 0.25) is 0 Å². The van der Waals surface area contributed by atoms with Crippen LogP contribution >= 0.6 is 11.6 Å². The predicted molar refractivity (Wildman–Crippen MR) is 145 cm³/mol. The predicted octanol–water partition coefficient (Wildman–Crippen LogP) is 5.30. The minimum atomic E-state index is -1.08. The van der Waals surface area contributed by atoms with Gasteiger partial charge < -0.3 is 20.4 Å². The minimum absolute atomic E-state index is 0.159. The maximum Gasteiger partial charge on any atom is 0.329 e. The number of carbonyl (C=O) groups is 3. The van der Waals surface area contributed by atoms with Crippen molar-refractivity contribution in [2.45, 2.75) is 38.8 Å². The molecule has 3 aromatic carbocycles. The molecule has 1 aromatic heterocycles. The van der Waals surface area contributed by atoms with Crippen molar-refractivity contribution in [1.29, 1.82) is 0 Å². The highest BCUT2D eigenvalue weighted by Crippen LogP contribution is 2.21. The number of carbonyl (C=O) groups excluding carboxylic acids is 3. The van der Waals surface area contributed by atoms with Crippen molar-refractivity contribution >= 4 is 46.0 Å². The van der Waals surface area contributed by atoms with Gasteiger partial charge in [0.1, 0.15) is 6.04 Å². The summed E-state index contributed by atoms with van der Waals surface area (Å²) in [7, 11) is 0. The van der Waals surface area contributed by atoms with Gasteiger partial charge in [-0.3, -0.25) is 9.59 Å². The van der Waals surface area contributed by atoms with Crippen LogP contribution in [0.3, 0.4) is 0 Å². The zero-order valence-electron chi connectivity index (χ0n) is 20.6. The Morgan fingerprint density at radius 1 is 0.973 bits per heavy atom. The van der Waals surface area contributed by atoms with Gasteiger partial charge in [-0.2, -0.15) is 0 Å². The van der Waals surface area contributed by atoms with E-state index in [1.54, 1.807) is 42.6 Å². The third-order valence-corrected chi connectivity index (χ3v) is 6.43. The van der Waals surface area contributed by atoms with Crippen LogP contribution in [0.1, 0.15) is 35.3 Å². The Kier molecular flexibility index (Phi) is 8.25. The van der Waals surface area contributed by atoms with Crippen molar-refractivity contribution in [3.63, 3.8) is 0 Å². The molecule has 8 heteroatoms. The van der Waals surface area contributed by atoms with Crippen molar-refractivity contribution < 1.29 is 19.1 Å². The van der Waals surface area contributed by atoms with E-state index in [0.717, 1.165) is 28.5 Å². The number of H-pyrrole nitrogens is 1. The van der Waals surface area contributed by atoms with Crippen LogP contribution in [0.15, 0.2) is 79.0 Å². The molecule has 0 saturated carbocycles. The molecule has 37 heavy (non-hydrogen) atoms. The lowest BCUT2D eigenvalue weighted by atomic mass is 10.0. The highest BCUT2D eigenvalue weighted by molar-refractivity contribution is 6.33. The lowest BCUT2D eigenvalue weighted by Gasteiger charge is -2.21. The summed E-state index contributed by atoms with van der Waals surface area (Å²) >= 11 is 6.19. The van der Waals surface area contributed by atoms with Gasteiger partial charge in [0.15, 0.2) is 6.10 Å². The normalized spacial score (nSPS) is 12.5. The minimum Gasteiger partial charge on any atom is -0.451 e. The Labute approximate surface area is 220 Å². The number of aryl methyl sites for hydroxylation is 1. The first-order valence-electron chi connectivity index (χ1n) is 12.1. The largest absolute Gasteiger partial charge is 0.451 e. The molecule has 3 N–H and O–H groups in total. The number of ether oxygens (including phenoxy) is 1. The first-order chi connectivity index (χ1) is 17.9. The van der Waals surface area contributed by atoms with Crippen LogP contribution in [0, 0.1) is 0 Å². The molecule has 0 spiro atoms. The van der Waals surface area contributed by atoms with Crippen LogP contribution in [0.5, 0.6) is 0 Å². The SMILES string of the molecule is CCc1ccc(NC(=O)C(C)OC(=O)C(Cc2c[nH]c3ccccc23)NC(=O)c2ccccc2Cl)cc1. The molecule has 2 atom stereocenters. The number of halogens is 1. The number of nitrogens with one attached hydrogen (secondary N) is 3. The fourth-order valence-electron chi connectivity index (χ4n) is 3.97. The molecule has 0 aliphatic heterocycles. The van der Waals surface area contributed by atoms with Crippen LogP contribution in [0.25, 0.3) is 10.9 Å². The molecule has 2 unspecified atom stereocenters. The molecule has 4 aromatic rings. The van der Waals surface area contributed by atoms with Gasteiger partial charge in [-0.05, 0) is 54.8 Å². The summed E-state index contributed by atoms with van der Waals surface area (Å²) in [6.45, 7) is 3.54. The van der Waals surface area contributed by atoms with Crippen LogP contribution in [0.2, 0.25) is 5.02 Å². The third kappa shape index (κ3) is 6.37. The molecule has 4 rings (SSSR count). The van der Waals surface area contributed by atoms with Crippen molar-refractivity contribution in [2.75, 3.05) is 5.32 Å². The summed E-state index contributed by atoms with van der Waals surface area (Å²) in [4.78, 5) is 42.1. The summed E-state index contributed by atoms with van der Waals surface area (Å²) in [5, 5.41) is 6.68. The van der Waals surface area contributed by atoms with Gasteiger partial charge in [-0.1, -0.05) is 61.0 Å². The zero-order chi connectivity index (χ0) is 26.4. The first kappa shape index (κ1) is 26.0. The number of esters is 1. The molecule has 7 nitrogen and oxygen atoms in total. The zero-order valence-corrected chi connectivity index (χ0v) is 21.3. The van der Waals surface area contributed by atoms with Crippen LogP contribution < -0.4 is 10.6 Å². The number of fused-ring (bicyclic) bond motifs is 1. The van der Waals surface area contributed by atoms with Gasteiger partial charge >= 0.3 is 5.97 Å². The molecule has 0 saturated heterocycles. The number of rotatable bonds is 9. The maximum absolute atomic E-state index is 13.2. The van der Waals surface area contributed by atoms with E-state index in [1.165, 1.54) is 6.92 Å². The smallest absolute Gasteiger partial charge is 0.329 e. The van der Waals surface area contributed by atoms with Gasteiger partial charge in [0.25, 0.3) is 11.8 Å². The topological polar surface area (TPSA) is 100 Å². The van der Waals surface area contributed by atoms with Crippen molar-refractivity contribution in [2.24, 2.45) is 0 Å². The number of anilines is 1. The molecule has 1 heterocycles. The van der Waals surface area contributed by atoms with Gasteiger partial charge in [0.05, 0.1) is 10.6 Å². The van der Waals surface area contributed by atoms with E-state index >= 15 is 0 Å². The van der Waals surface area contributed by atoms with E-state index in [0.29, 0.717) is 5.69 Å². The van der Waals surface area contributed by atoms with Gasteiger partial charge in [0, 0.05) is 29.2 Å². The number of hydrogen-bond acceptors (Lipinski definition) is 4. The quantitative estimate of drug-likeness (QED) is 0.262. The number of aromatic nitrogens is 1. The average Bonchev–Trinajstić information content (AvgIpc) is 3.31. The van der Waals surface area contributed by atoms with E-state index in [-0.39, 0.29) is 17.0 Å². The summed E-state index contributed by atoms with van der Waals surface area (Å²) in [5.41, 5.74) is 3.72. The van der Waals surface area contributed by atoms with Crippen molar-refractivity contribution in [3.05, 3.63) is 101 Å². The molecule has 190 valence electrons. The third-order valence-electron chi connectivity index (χ3n) is 6.10. The first-order valence-corrected chi connectivity index (χ1v) is 12.4. The summed E-state index contributed by atoms with van der Waals surface area (Å²) < 4.78 is 5.51. The Balaban J connectivity index is 1.50. The van der Waals surface area contributed by atoms with Crippen molar-refractivity contribution in [3.8, 4) is 0 Å². The molecular weight excluding hydrogens is 490 g/mol. The molecule has 0 aliphatic carbocycles. The molecule has 2 amide bonds. The van der Waals surface area contributed by atoms with Crippen molar-refractivity contribution in [1.82, 2.24) is 10.3 Å². The van der Waals surface area contributed by atoms with Gasteiger partial charge in [-0.25, -0.2) is 4.79 Å². The fourth-order valence-corrected chi connectivity index (χ4v) is 4.19. The van der Waals surface area contributed by atoms with E-state index in [4.69, 9.17) is 16.3 Å².